The molecule has 0 atom stereocenters. The molecule has 0 fully saturated rings. The normalized spacial score (nSPS) is 10.8. The molecule has 0 aliphatic heterocycles. The average molecular weight is 267 g/mol. The molecule has 0 aromatic heterocycles. The Balaban J connectivity index is 2.59. The molecule has 0 spiro atoms. The van der Waals surface area contributed by atoms with Crippen LogP contribution in [0.2, 0.25) is 0 Å². The van der Waals surface area contributed by atoms with Crippen molar-refractivity contribution in [3.8, 4) is 16.9 Å². The summed E-state index contributed by atoms with van der Waals surface area (Å²) in [5, 5.41) is 0. The van der Waals surface area contributed by atoms with E-state index >= 15 is 0 Å². The summed E-state index contributed by atoms with van der Waals surface area (Å²) in [6.07, 6.45) is -2.66. The minimum Gasteiger partial charge on any atom is -0.494 e. The van der Waals surface area contributed by atoms with Crippen LogP contribution in [0.1, 0.15) is 12.0 Å². The third kappa shape index (κ3) is 2.65. The minimum atomic E-state index is -2.66. The first-order valence-corrected chi connectivity index (χ1v) is 5.54. The first-order chi connectivity index (χ1) is 9.02. The van der Waals surface area contributed by atoms with E-state index in [-0.39, 0.29) is 22.6 Å². The second-order valence-electron chi connectivity index (χ2n) is 4.01. The summed E-state index contributed by atoms with van der Waals surface area (Å²) in [6.45, 7) is 0. The molecule has 2 nitrogen and oxygen atoms in total. The van der Waals surface area contributed by atoms with Crippen LogP contribution in [-0.2, 0) is 0 Å². The van der Waals surface area contributed by atoms with Crippen molar-refractivity contribution in [2.24, 2.45) is 0 Å². The highest BCUT2D eigenvalue weighted by Crippen LogP contribution is 2.33. The molecule has 0 radical (unpaired) electrons. The highest BCUT2D eigenvalue weighted by molar-refractivity contribution is 5.70. The maximum Gasteiger partial charge on any atom is 0.263 e. The Morgan fingerprint density at radius 1 is 1.16 bits per heavy atom. The van der Waals surface area contributed by atoms with Crippen LogP contribution < -0.4 is 10.5 Å². The van der Waals surface area contributed by atoms with E-state index in [1.165, 1.54) is 37.4 Å². The summed E-state index contributed by atoms with van der Waals surface area (Å²) < 4.78 is 44.4. The van der Waals surface area contributed by atoms with Gasteiger partial charge in [0.2, 0.25) is 0 Å². The number of methoxy groups -OCH3 is 1. The van der Waals surface area contributed by atoms with Crippen LogP contribution in [-0.4, -0.2) is 7.11 Å². The van der Waals surface area contributed by atoms with Gasteiger partial charge in [-0.25, -0.2) is 13.2 Å². The fraction of sp³-hybridized carbons (Fsp3) is 0.143. The second-order valence-corrected chi connectivity index (χ2v) is 4.01. The number of hydrogen-bond acceptors (Lipinski definition) is 2. The Bertz CT molecular complexity index is 599. The lowest BCUT2D eigenvalue weighted by atomic mass is 10.0. The molecule has 0 saturated carbocycles. The average Bonchev–Trinajstić information content (AvgIpc) is 2.38. The third-order valence-electron chi connectivity index (χ3n) is 2.72. The number of anilines is 1. The number of alkyl halides is 2. The molecular weight excluding hydrogens is 255 g/mol. The van der Waals surface area contributed by atoms with E-state index in [1.807, 2.05) is 0 Å². The number of hydrogen-bond donors (Lipinski definition) is 1. The first-order valence-electron chi connectivity index (χ1n) is 5.54. The van der Waals surface area contributed by atoms with Gasteiger partial charge in [0.1, 0.15) is 0 Å². The monoisotopic (exact) mass is 267 g/mol. The van der Waals surface area contributed by atoms with Gasteiger partial charge in [0.15, 0.2) is 11.6 Å². The van der Waals surface area contributed by atoms with Crippen LogP contribution in [0.15, 0.2) is 36.4 Å². The van der Waals surface area contributed by atoms with Crippen molar-refractivity contribution in [3.63, 3.8) is 0 Å². The van der Waals surface area contributed by atoms with E-state index in [2.05, 4.69) is 0 Å². The molecule has 100 valence electrons. The van der Waals surface area contributed by atoms with Crippen LogP contribution in [0.4, 0.5) is 18.9 Å². The van der Waals surface area contributed by atoms with Gasteiger partial charge in [0.25, 0.3) is 6.43 Å². The smallest absolute Gasteiger partial charge is 0.263 e. The maximum atomic E-state index is 14.1. The lowest BCUT2D eigenvalue weighted by Gasteiger charge is -2.10. The highest BCUT2D eigenvalue weighted by atomic mass is 19.3. The van der Waals surface area contributed by atoms with Gasteiger partial charge in [-0.1, -0.05) is 12.1 Å². The van der Waals surface area contributed by atoms with Crippen LogP contribution in [0, 0.1) is 5.82 Å². The number of rotatable bonds is 3. The molecule has 0 bridgehead atoms. The Kier molecular flexibility index (Phi) is 3.64. The van der Waals surface area contributed by atoms with Crippen molar-refractivity contribution < 1.29 is 17.9 Å². The van der Waals surface area contributed by atoms with Crippen molar-refractivity contribution >= 4 is 5.69 Å². The quantitative estimate of drug-likeness (QED) is 0.852. The lowest BCUT2D eigenvalue weighted by molar-refractivity contribution is 0.151. The van der Waals surface area contributed by atoms with Gasteiger partial charge in [-0.15, -0.1) is 0 Å². The predicted molar refractivity (Wildman–Crippen MR) is 67.8 cm³/mol. The molecule has 0 heterocycles. The van der Waals surface area contributed by atoms with Gasteiger partial charge in [-0.3, -0.25) is 0 Å². The highest BCUT2D eigenvalue weighted by Gasteiger charge is 2.14. The van der Waals surface area contributed by atoms with Crippen molar-refractivity contribution in [3.05, 3.63) is 47.8 Å². The number of halogens is 3. The van der Waals surface area contributed by atoms with E-state index in [4.69, 9.17) is 10.5 Å². The molecule has 2 rings (SSSR count). The fourth-order valence-corrected chi connectivity index (χ4v) is 1.85. The molecule has 2 N–H and O–H groups in total. The van der Waals surface area contributed by atoms with Crippen molar-refractivity contribution in [1.29, 1.82) is 0 Å². The van der Waals surface area contributed by atoms with E-state index < -0.39 is 12.2 Å². The summed E-state index contributed by atoms with van der Waals surface area (Å²) in [5.41, 5.74) is 5.96. The summed E-state index contributed by atoms with van der Waals surface area (Å²) in [6, 6.07) is 8.37. The molecule has 0 aliphatic carbocycles. The predicted octanol–water partition coefficient (Wildman–Crippen LogP) is 4.02. The van der Waals surface area contributed by atoms with E-state index in [0.29, 0.717) is 5.56 Å². The number of nitrogens with two attached hydrogens (primary N) is 1. The van der Waals surface area contributed by atoms with E-state index in [9.17, 15) is 13.2 Å². The fourth-order valence-electron chi connectivity index (χ4n) is 1.85. The second kappa shape index (κ2) is 5.22. The number of ether oxygens (including phenoxy) is 1. The molecular formula is C14H12F3NO. The zero-order valence-corrected chi connectivity index (χ0v) is 10.2. The van der Waals surface area contributed by atoms with E-state index in [0.717, 1.165) is 0 Å². The first kappa shape index (κ1) is 13.3. The summed E-state index contributed by atoms with van der Waals surface area (Å²) in [4.78, 5) is 0. The van der Waals surface area contributed by atoms with E-state index in [1.54, 1.807) is 6.07 Å². The van der Waals surface area contributed by atoms with Crippen molar-refractivity contribution in [2.45, 2.75) is 6.43 Å². The molecule has 2 aromatic carbocycles. The molecule has 5 heteroatoms. The molecule has 0 amide bonds. The van der Waals surface area contributed by atoms with Gasteiger partial charge in [-0.05, 0) is 29.8 Å². The SMILES string of the molecule is COc1cccc(-c2cc(N)cc(C(F)F)c2)c1F. The van der Waals surface area contributed by atoms with Crippen LogP contribution in [0.3, 0.4) is 0 Å². The Labute approximate surface area is 108 Å². The van der Waals surface area contributed by atoms with Gasteiger partial charge in [-0.2, -0.15) is 0 Å². The van der Waals surface area contributed by atoms with Gasteiger partial charge >= 0.3 is 0 Å². The van der Waals surface area contributed by atoms with Crippen LogP contribution >= 0.6 is 0 Å². The van der Waals surface area contributed by atoms with Crippen LogP contribution in [0.25, 0.3) is 11.1 Å². The number of nitrogen functional groups attached to an aromatic ring is 1. The summed E-state index contributed by atoms with van der Waals surface area (Å²) >= 11 is 0. The molecule has 0 aliphatic rings. The van der Waals surface area contributed by atoms with Gasteiger partial charge in [0, 0.05) is 16.8 Å². The number of benzene rings is 2. The summed E-state index contributed by atoms with van der Waals surface area (Å²) in [7, 11) is 1.34. The molecule has 2 aromatic rings. The molecule has 19 heavy (non-hydrogen) atoms. The van der Waals surface area contributed by atoms with Gasteiger partial charge < -0.3 is 10.5 Å². The molecule has 0 unspecified atom stereocenters. The standard InChI is InChI=1S/C14H12F3NO/c1-19-12-4-2-3-11(13(12)15)8-5-9(14(16)17)7-10(18)6-8/h2-7,14H,18H2,1H3. The topological polar surface area (TPSA) is 35.2 Å². The lowest BCUT2D eigenvalue weighted by Crippen LogP contribution is -1.95. The maximum absolute atomic E-state index is 14.1. The zero-order chi connectivity index (χ0) is 14.0. The van der Waals surface area contributed by atoms with Crippen LogP contribution in [0.5, 0.6) is 5.75 Å². The Morgan fingerprint density at radius 3 is 2.53 bits per heavy atom. The van der Waals surface area contributed by atoms with Crippen molar-refractivity contribution in [2.75, 3.05) is 12.8 Å². The Morgan fingerprint density at radius 2 is 1.89 bits per heavy atom. The minimum absolute atomic E-state index is 0.0542. The largest absolute Gasteiger partial charge is 0.494 e. The molecule has 0 saturated heterocycles. The zero-order valence-electron chi connectivity index (χ0n) is 10.2. The van der Waals surface area contributed by atoms with Gasteiger partial charge in [0.05, 0.1) is 7.11 Å². The summed E-state index contributed by atoms with van der Waals surface area (Å²) in [5.74, 6) is -0.547. The van der Waals surface area contributed by atoms with Crippen molar-refractivity contribution in [1.82, 2.24) is 0 Å². The third-order valence-corrected chi connectivity index (χ3v) is 2.72. The Hall–Kier alpha value is -2.17.